The second-order valence-electron chi connectivity index (χ2n) is 6.75. The lowest BCUT2D eigenvalue weighted by molar-refractivity contribution is 0.304. The molecule has 29 heavy (non-hydrogen) atoms. The normalized spacial score (nSPS) is 10.7. The quantitative estimate of drug-likeness (QED) is 0.469. The van der Waals surface area contributed by atoms with Crippen LogP contribution in [-0.4, -0.2) is 22.4 Å². The molecule has 0 radical (unpaired) electrons. The number of nitrogens with zero attached hydrogens (tertiary/aromatic N) is 1. The van der Waals surface area contributed by atoms with Gasteiger partial charge in [-0.1, -0.05) is 42.5 Å². The molecule has 0 aliphatic rings. The summed E-state index contributed by atoms with van der Waals surface area (Å²) in [4.78, 5) is 0. The number of phenols is 1. The zero-order valence-corrected chi connectivity index (χ0v) is 16.3. The molecule has 3 aromatic carbocycles. The third-order valence-corrected chi connectivity index (χ3v) is 4.80. The van der Waals surface area contributed by atoms with E-state index in [1.54, 1.807) is 13.2 Å². The van der Waals surface area contributed by atoms with Gasteiger partial charge < -0.3 is 14.6 Å². The van der Waals surface area contributed by atoms with Gasteiger partial charge in [0.2, 0.25) is 0 Å². The number of phenolic OH excluding ortho intramolecular Hbond substituents is 1. The van der Waals surface area contributed by atoms with Gasteiger partial charge in [-0.05, 0) is 42.3 Å². The van der Waals surface area contributed by atoms with Crippen molar-refractivity contribution in [2.24, 2.45) is 0 Å². The molecule has 0 spiro atoms. The summed E-state index contributed by atoms with van der Waals surface area (Å²) in [5.74, 6) is 1.52. The summed E-state index contributed by atoms with van der Waals surface area (Å²) in [6.07, 6.45) is 0. The Morgan fingerprint density at radius 2 is 1.66 bits per heavy atom. The Morgan fingerprint density at radius 3 is 2.34 bits per heavy atom. The highest BCUT2D eigenvalue weighted by molar-refractivity contribution is 5.85. The van der Waals surface area contributed by atoms with E-state index in [-0.39, 0.29) is 5.75 Å². The van der Waals surface area contributed by atoms with Gasteiger partial charge in [0.05, 0.1) is 7.11 Å². The van der Waals surface area contributed by atoms with Crippen molar-refractivity contribution in [1.29, 1.82) is 0 Å². The maximum Gasteiger partial charge on any atom is 0.128 e. The predicted molar refractivity (Wildman–Crippen MR) is 113 cm³/mol. The maximum absolute atomic E-state index is 10.7. The standard InChI is InChI=1S/C24H22N2O3/c1-16-23(18-8-10-19(28-2)11-9-18)24(26-25-16)21-13-12-20(14-22(21)27)29-15-17-6-4-3-5-7-17/h3-14,27H,15H2,1-2H3,(H,25,26). The van der Waals surface area contributed by atoms with Crippen LogP contribution in [0.3, 0.4) is 0 Å². The molecule has 4 rings (SSSR count). The molecule has 5 heteroatoms. The summed E-state index contributed by atoms with van der Waals surface area (Å²) in [5, 5.41) is 18.1. The molecule has 0 saturated carbocycles. The minimum atomic E-state index is 0.122. The lowest BCUT2D eigenvalue weighted by atomic mass is 9.98. The molecular formula is C24H22N2O3. The molecule has 2 N–H and O–H groups in total. The highest BCUT2D eigenvalue weighted by atomic mass is 16.5. The first-order chi connectivity index (χ1) is 14.2. The fourth-order valence-electron chi connectivity index (χ4n) is 3.28. The van der Waals surface area contributed by atoms with Gasteiger partial charge in [-0.3, -0.25) is 5.10 Å². The van der Waals surface area contributed by atoms with Crippen LogP contribution in [0.5, 0.6) is 17.2 Å². The number of aromatic amines is 1. The molecule has 0 aliphatic carbocycles. The van der Waals surface area contributed by atoms with E-state index in [0.717, 1.165) is 28.1 Å². The summed E-state index contributed by atoms with van der Waals surface area (Å²) < 4.78 is 11.0. The summed E-state index contributed by atoms with van der Waals surface area (Å²) >= 11 is 0. The van der Waals surface area contributed by atoms with E-state index in [2.05, 4.69) is 10.2 Å². The lowest BCUT2D eigenvalue weighted by Gasteiger charge is -2.10. The van der Waals surface area contributed by atoms with Crippen molar-refractivity contribution in [1.82, 2.24) is 10.2 Å². The average molecular weight is 386 g/mol. The zero-order chi connectivity index (χ0) is 20.2. The van der Waals surface area contributed by atoms with Crippen molar-refractivity contribution < 1.29 is 14.6 Å². The van der Waals surface area contributed by atoms with Crippen molar-refractivity contribution in [3.8, 4) is 39.6 Å². The van der Waals surface area contributed by atoms with Gasteiger partial charge in [0, 0.05) is 22.9 Å². The van der Waals surface area contributed by atoms with E-state index in [1.807, 2.05) is 73.7 Å². The lowest BCUT2D eigenvalue weighted by Crippen LogP contribution is -1.95. The number of rotatable bonds is 6. The number of aromatic hydroxyl groups is 1. The molecular weight excluding hydrogens is 364 g/mol. The van der Waals surface area contributed by atoms with E-state index in [9.17, 15) is 5.11 Å². The van der Waals surface area contributed by atoms with Crippen molar-refractivity contribution in [2.45, 2.75) is 13.5 Å². The molecule has 0 amide bonds. The number of ether oxygens (including phenoxy) is 2. The van der Waals surface area contributed by atoms with Crippen LogP contribution < -0.4 is 9.47 Å². The second-order valence-corrected chi connectivity index (χ2v) is 6.75. The van der Waals surface area contributed by atoms with Gasteiger partial charge in [-0.25, -0.2) is 0 Å². The van der Waals surface area contributed by atoms with Gasteiger partial charge in [0.25, 0.3) is 0 Å². The number of hydrogen-bond acceptors (Lipinski definition) is 4. The van der Waals surface area contributed by atoms with Crippen molar-refractivity contribution in [3.63, 3.8) is 0 Å². The van der Waals surface area contributed by atoms with Crippen LogP contribution in [0.1, 0.15) is 11.3 Å². The Kier molecular flexibility index (Phi) is 5.20. The fourth-order valence-corrected chi connectivity index (χ4v) is 3.28. The van der Waals surface area contributed by atoms with Gasteiger partial charge >= 0.3 is 0 Å². The maximum atomic E-state index is 10.7. The summed E-state index contributed by atoms with van der Waals surface area (Å²) in [6, 6.07) is 23.0. The summed E-state index contributed by atoms with van der Waals surface area (Å²) in [6.45, 7) is 2.41. The van der Waals surface area contributed by atoms with E-state index in [0.29, 0.717) is 23.6 Å². The third-order valence-electron chi connectivity index (χ3n) is 4.80. The van der Waals surface area contributed by atoms with Crippen molar-refractivity contribution in [3.05, 3.63) is 84.1 Å². The first kappa shape index (κ1) is 18.6. The zero-order valence-electron chi connectivity index (χ0n) is 16.3. The van der Waals surface area contributed by atoms with E-state index in [1.165, 1.54) is 0 Å². The molecule has 1 aromatic heterocycles. The molecule has 5 nitrogen and oxygen atoms in total. The molecule has 0 atom stereocenters. The molecule has 0 saturated heterocycles. The number of nitrogens with one attached hydrogen (secondary N) is 1. The number of methoxy groups -OCH3 is 1. The Bertz CT molecular complexity index is 1100. The van der Waals surface area contributed by atoms with Crippen LogP contribution in [0.25, 0.3) is 22.4 Å². The van der Waals surface area contributed by atoms with Gasteiger partial charge in [0.1, 0.15) is 29.5 Å². The third kappa shape index (κ3) is 3.94. The van der Waals surface area contributed by atoms with Crippen LogP contribution in [0.2, 0.25) is 0 Å². The summed E-state index contributed by atoms with van der Waals surface area (Å²) in [7, 11) is 1.64. The van der Waals surface area contributed by atoms with E-state index < -0.39 is 0 Å². The topological polar surface area (TPSA) is 67.4 Å². The smallest absolute Gasteiger partial charge is 0.128 e. The minimum absolute atomic E-state index is 0.122. The number of hydrogen-bond donors (Lipinski definition) is 2. The monoisotopic (exact) mass is 386 g/mol. The number of benzene rings is 3. The van der Waals surface area contributed by atoms with Crippen LogP contribution >= 0.6 is 0 Å². The predicted octanol–water partition coefficient (Wildman–Crippen LogP) is 5.35. The SMILES string of the molecule is COc1ccc(-c2c(-c3ccc(OCc4ccccc4)cc3O)n[nH]c2C)cc1. The fraction of sp³-hybridized carbons (Fsp3) is 0.125. The average Bonchev–Trinajstić information content (AvgIpc) is 3.14. The Morgan fingerprint density at radius 1 is 0.931 bits per heavy atom. The molecule has 0 bridgehead atoms. The minimum Gasteiger partial charge on any atom is -0.507 e. The van der Waals surface area contributed by atoms with E-state index >= 15 is 0 Å². The first-order valence-corrected chi connectivity index (χ1v) is 9.35. The van der Waals surface area contributed by atoms with E-state index in [4.69, 9.17) is 9.47 Å². The molecule has 0 aliphatic heterocycles. The number of aromatic nitrogens is 2. The Balaban J connectivity index is 1.62. The van der Waals surface area contributed by atoms with Crippen LogP contribution in [0.4, 0.5) is 0 Å². The molecule has 146 valence electrons. The van der Waals surface area contributed by atoms with Crippen molar-refractivity contribution >= 4 is 0 Å². The molecule has 4 aromatic rings. The van der Waals surface area contributed by atoms with Crippen LogP contribution in [0.15, 0.2) is 72.8 Å². The Labute approximate surface area is 169 Å². The molecule has 1 heterocycles. The van der Waals surface area contributed by atoms with Gasteiger partial charge in [-0.15, -0.1) is 0 Å². The van der Waals surface area contributed by atoms with Gasteiger partial charge in [0.15, 0.2) is 0 Å². The molecule has 0 unspecified atom stereocenters. The Hall–Kier alpha value is -3.73. The molecule has 0 fully saturated rings. The van der Waals surface area contributed by atoms with Crippen LogP contribution in [0, 0.1) is 6.92 Å². The van der Waals surface area contributed by atoms with Crippen molar-refractivity contribution in [2.75, 3.05) is 7.11 Å². The largest absolute Gasteiger partial charge is 0.507 e. The van der Waals surface area contributed by atoms with Gasteiger partial charge in [-0.2, -0.15) is 5.10 Å². The number of H-pyrrole nitrogens is 1. The first-order valence-electron chi connectivity index (χ1n) is 9.35. The highest BCUT2D eigenvalue weighted by Gasteiger charge is 2.17. The van der Waals surface area contributed by atoms with Crippen LogP contribution in [-0.2, 0) is 6.61 Å². The number of aryl methyl sites for hydroxylation is 1. The highest BCUT2D eigenvalue weighted by Crippen LogP contribution is 2.39. The summed E-state index contributed by atoms with van der Waals surface area (Å²) in [5.41, 5.74) is 5.28. The second kappa shape index (κ2) is 8.10.